The molecule has 0 fully saturated rings. The van der Waals surface area contributed by atoms with Crippen molar-refractivity contribution in [2.24, 2.45) is 10.9 Å². The van der Waals surface area contributed by atoms with E-state index in [1.54, 1.807) is 0 Å². The largest absolute Gasteiger partial charge is 0.357 e. The summed E-state index contributed by atoms with van der Waals surface area (Å²) in [5, 5.41) is 17.1. The molecule has 0 saturated carbocycles. The van der Waals surface area contributed by atoms with Crippen LogP contribution in [0.2, 0.25) is 0 Å². The van der Waals surface area contributed by atoms with E-state index in [0.29, 0.717) is 18.4 Å². The second-order valence-corrected chi connectivity index (χ2v) is 7.86. The molecule has 0 amide bonds. The van der Waals surface area contributed by atoms with E-state index in [1.165, 1.54) is 18.2 Å². The van der Waals surface area contributed by atoms with Gasteiger partial charge in [-0.15, -0.1) is 0 Å². The van der Waals surface area contributed by atoms with Crippen molar-refractivity contribution in [1.29, 1.82) is 0 Å². The Kier molecular flexibility index (Phi) is 8.46. The molecule has 0 aliphatic rings. The predicted molar refractivity (Wildman–Crippen MR) is 102 cm³/mol. The summed E-state index contributed by atoms with van der Waals surface area (Å²) in [6.45, 7) is 9.18. The predicted octanol–water partition coefficient (Wildman–Crippen LogP) is 1.47. The topological polar surface area (TPSA) is 126 Å². The molecule has 10 heteroatoms. The maximum absolute atomic E-state index is 12.2. The van der Waals surface area contributed by atoms with Crippen molar-refractivity contribution in [3.63, 3.8) is 0 Å². The van der Waals surface area contributed by atoms with Crippen molar-refractivity contribution in [1.82, 2.24) is 15.4 Å². The second-order valence-electron chi connectivity index (χ2n) is 6.09. The molecule has 0 heterocycles. The lowest BCUT2D eigenvalue weighted by molar-refractivity contribution is -0.385. The lowest BCUT2D eigenvalue weighted by atomic mass is 10.1. The Morgan fingerprint density at radius 1 is 1.31 bits per heavy atom. The minimum Gasteiger partial charge on any atom is -0.357 e. The van der Waals surface area contributed by atoms with Crippen LogP contribution < -0.4 is 15.4 Å². The number of nitro benzene ring substituents is 1. The van der Waals surface area contributed by atoms with E-state index in [0.717, 1.165) is 6.07 Å². The van der Waals surface area contributed by atoms with Gasteiger partial charge in [-0.05, 0) is 25.8 Å². The molecule has 1 atom stereocenters. The van der Waals surface area contributed by atoms with Crippen LogP contribution in [0, 0.1) is 16.0 Å². The molecule has 26 heavy (non-hydrogen) atoms. The molecule has 0 aromatic heterocycles. The number of guanidine groups is 1. The molecule has 0 spiro atoms. The first-order chi connectivity index (χ1) is 12.2. The van der Waals surface area contributed by atoms with Crippen LogP contribution in [-0.2, 0) is 10.0 Å². The zero-order chi connectivity index (χ0) is 19.7. The first kappa shape index (κ1) is 21.8. The van der Waals surface area contributed by atoms with Crippen LogP contribution in [0.15, 0.2) is 34.2 Å². The van der Waals surface area contributed by atoms with Gasteiger partial charge in [0.05, 0.1) is 16.4 Å². The molecule has 0 bridgehead atoms. The zero-order valence-electron chi connectivity index (χ0n) is 15.5. The van der Waals surface area contributed by atoms with Gasteiger partial charge in [-0.3, -0.25) is 15.1 Å². The summed E-state index contributed by atoms with van der Waals surface area (Å²) in [5.41, 5.74) is -0.271. The molecule has 0 saturated heterocycles. The third-order valence-corrected chi connectivity index (χ3v) is 5.18. The van der Waals surface area contributed by atoms with Crippen molar-refractivity contribution >= 4 is 21.7 Å². The van der Waals surface area contributed by atoms with Gasteiger partial charge >= 0.3 is 0 Å². The highest BCUT2D eigenvalue weighted by molar-refractivity contribution is 7.89. The van der Waals surface area contributed by atoms with Crippen LogP contribution in [-0.4, -0.2) is 45.0 Å². The SMILES string of the molecule is CCNC(=NCCNS(=O)(=O)c1cccc([N+](=O)[O-])c1)NC(C)C(C)C. The summed E-state index contributed by atoms with van der Waals surface area (Å²) >= 11 is 0. The highest BCUT2D eigenvalue weighted by atomic mass is 32.2. The Hall–Kier alpha value is -2.20. The molecule has 146 valence electrons. The third kappa shape index (κ3) is 6.96. The van der Waals surface area contributed by atoms with E-state index < -0.39 is 14.9 Å². The lowest BCUT2D eigenvalue weighted by Gasteiger charge is -2.20. The van der Waals surface area contributed by atoms with Crippen LogP contribution >= 0.6 is 0 Å². The van der Waals surface area contributed by atoms with Crippen molar-refractivity contribution in [2.75, 3.05) is 19.6 Å². The summed E-state index contributed by atoms with van der Waals surface area (Å²) in [4.78, 5) is 14.3. The van der Waals surface area contributed by atoms with Crippen LogP contribution in [0.4, 0.5) is 5.69 Å². The van der Waals surface area contributed by atoms with Crippen LogP contribution in [0.5, 0.6) is 0 Å². The summed E-state index contributed by atoms with van der Waals surface area (Å²) in [5.74, 6) is 1.04. The number of rotatable bonds is 9. The standard InChI is InChI=1S/C16H27N5O4S/c1-5-17-16(20-13(4)12(2)3)18-9-10-19-26(24,25)15-8-6-7-14(11-15)21(22)23/h6-8,11-13,19H,5,9-10H2,1-4H3,(H2,17,18,20). The number of non-ortho nitro benzene ring substituents is 1. The van der Waals surface area contributed by atoms with Gasteiger partial charge in [0, 0.05) is 31.3 Å². The number of sulfonamides is 1. The number of aliphatic imine (C=N–C) groups is 1. The molecule has 1 aromatic carbocycles. The third-order valence-electron chi connectivity index (χ3n) is 3.72. The summed E-state index contributed by atoms with van der Waals surface area (Å²) in [6, 6.07) is 5.14. The first-order valence-corrected chi connectivity index (χ1v) is 9.94. The number of benzene rings is 1. The molecule has 1 rings (SSSR count). The molecule has 1 aromatic rings. The molecule has 0 aliphatic carbocycles. The van der Waals surface area contributed by atoms with Crippen molar-refractivity contribution in [2.45, 2.75) is 38.6 Å². The summed E-state index contributed by atoms with van der Waals surface area (Å²) in [6.07, 6.45) is 0. The Morgan fingerprint density at radius 3 is 2.58 bits per heavy atom. The van der Waals surface area contributed by atoms with Crippen molar-refractivity contribution < 1.29 is 13.3 Å². The number of nitrogens with zero attached hydrogens (tertiary/aromatic N) is 2. The average molecular weight is 385 g/mol. The quantitative estimate of drug-likeness (QED) is 0.194. The van der Waals surface area contributed by atoms with Gasteiger partial charge in [-0.1, -0.05) is 19.9 Å². The molecular formula is C16H27N5O4S. The van der Waals surface area contributed by atoms with Crippen LogP contribution in [0.3, 0.4) is 0 Å². The van der Waals surface area contributed by atoms with E-state index in [1.807, 2.05) is 13.8 Å². The molecule has 0 radical (unpaired) electrons. The van der Waals surface area contributed by atoms with Crippen LogP contribution in [0.25, 0.3) is 0 Å². The van der Waals surface area contributed by atoms with E-state index >= 15 is 0 Å². The van der Waals surface area contributed by atoms with Gasteiger partial charge in [0.2, 0.25) is 10.0 Å². The first-order valence-electron chi connectivity index (χ1n) is 8.46. The number of nitro groups is 1. The Bertz CT molecular complexity index is 734. The maximum atomic E-state index is 12.2. The Morgan fingerprint density at radius 2 is 2.00 bits per heavy atom. The van der Waals surface area contributed by atoms with Gasteiger partial charge in [0.25, 0.3) is 5.69 Å². The fourth-order valence-corrected chi connectivity index (χ4v) is 2.96. The smallest absolute Gasteiger partial charge is 0.270 e. The fraction of sp³-hybridized carbons (Fsp3) is 0.562. The molecule has 0 aliphatic heterocycles. The van der Waals surface area contributed by atoms with Gasteiger partial charge < -0.3 is 10.6 Å². The number of hydrogen-bond donors (Lipinski definition) is 3. The zero-order valence-corrected chi connectivity index (χ0v) is 16.3. The van der Waals surface area contributed by atoms with E-state index in [9.17, 15) is 18.5 Å². The maximum Gasteiger partial charge on any atom is 0.270 e. The van der Waals surface area contributed by atoms with Gasteiger partial charge in [0.15, 0.2) is 5.96 Å². The lowest BCUT2D eigenvalue weighted by Crippen LogP contribution is -2.44. The van der Waals surface area contributed by atoms with Crippen molar-refractivity contribution in [3.8, 4) is 0 Å². The molecule has 1 unspecified atom stereocenters. The molecular weight excluding hydrogens is 358 g/mol. The summed E-state index contributed by atoms with van der Waals surface area (Å²) < 4.78 is 26.9. The van der Waals surface area contributed by atoms with E-state index in [-0.39, 0.29) is 29.7 Å². The van der Waals surface area contributed by atoms with E-state index in [4.69, 9.17) is 0 Å². The highest BCUT2D eigenvalue weighted by Crippen LogP contribution is 2.16. The van der Waals surface area contributed by atoms with Crippen LogP contribution in [0.1, 0.15) is 27.7 Å². The number of nitrogens with one attached hydrogen (secondary N) is 3. The molecule has 9 nitrogen and oxygen atoms in total. The monoisotopic (exact) mass is 385 g/mol. The van der Waals surface area contributed by atoms with Gasteiger partial charge in [0.1, 0.15) is 0 Å². The average Bonchev–Trinajstić information content (AvgIpc) is 2.58. The highest BCUT2D eigenvalue weighted by Gasteiger charge is 2.17. The minimum atomic E-state index is -3.83. The normalized spacial score (nSPS) is 13.5. The Labute approximate surface area is 154 Å². The molecule has 3 N–H and O–H groups in total. The summed E-state index contributed by atoms with van der Waals surface area (Å²) in [7, 11) is -3.83. The fourth-order valence-electron chi connectivity index (χ4n) is 1.90. The van der Waals surface area contributed by atoms with E-state index in [2.05, 4.69) is 34.2 Å². The van der Waals surface area contributed by atoms with Gasteiger partial charge in [-0.2, -0.15) is 0 Å². The van der Waals surface area contributed by atoms with Crippen molar-refractivity contribution in [3.05, 3.63) is 34.4 Å². The second kappa shape index (κ2) is 10.1. The van der Waals surface area contributed by atoms with Gasteiger partial charge in [-0.25, -0.2) is 13.1 Å². The minimum absolute atomic E-state index is 0.0810. The number of hydrogen-bond acceptors (Lipinski definition) is 5. The Balaban J connectivity index is 2.69.